The van der Waals surface area contributed by atoms with E-state index in [0.717, 1.165) is 29.9 Å². The molecule has 1 saturated carbocycles. The quantitative estimate of drug-likeness (QED) is 0.576. The molecule has 5 rings (SSSR count). The highest BCUT2D eigenvalue weighted by atomic mass is 16.5. The van der Waals surface area contributed by atoms with Crippen LogP contribution in [-0.4, -0.2) is 55.4 Å². The van der Waals surface area contributed by atoms with Crippen LogP contribution in [-0.2, 0) is 11.3 Å². The maximum atomic E-state index is 10.8. The summed E-state index contributed by atoms with van der Waals surface area (Å²) in [5, 5.41) is 22.8. The molecule has 164 valence electrons. The third kappa shape index (κ3) is 4.17. The van der Waals surface area contributed by atoms with Gasteiger partial charge in [-0.25, -0.2) is 4.98 Å². The minimum Gasteiger partial charge on any atom is -0.480 e. The molecule has 3 heterocycles. The minimum atomic E-state index is -0.765. The van der Waals surface area contributed by atoms with Gasteiger partial charge in [0.25, 0.3) is 0 Å². The van der Waals surface area contributed by atoms with E-state index >= 15 is 0 Å². The van der Waals surface area contributed by atoms with E-state index in [4.69, 9.17) is 9.63 Å². The van der Waals surface area contributed by atoms with Gasteiger partial charge in [-0.15, -0.1) is 0 Å². The summed E-state index contributed by atoms with van der Waals surface area (Å²) in [6.07, 6.45) is 2.81. The number of piperidine rings is 1. The Morgan fingerprint density at radius 3 is 2.72 bits per heavy atom. The van der Waals surface area contributed by atoms with E-state index in [0.29, 0.717) is 35.9 Å². The maximum Gasteiger partial charge on any atom is 0.317 e. The van der Waals surface area contributed by atoms with Gasteiger partial charge in [-0.05, 0) is 43.0 Å². The van der Waals surface area contributed by atoms with E-state index in [-0.39, 0.29) is 6.54 Å². The maximum absolute atomic E-state index is 10.8. The summed E-state index contributed by atoms with van der Waals surface area (Å²) in [5.41, 5.74) is 2.62. The molecule has 4 atom stereocenters. The Bertz CT molecular complexity index is 1170. The van der Waals surface area contributed by atoms with Gasteiger partial charge in [0.15, 0.2) is 5.76 Å². The van der Waals surface area contributed by atoms with Crippen molar-refractivity contribution in [1.82, 2.24) is 19.6 Å². The molecule has 2 aliphatic rings. The lowest BCUT2D eigenvalue weighted by Crippen LogP contribution is -2.30. The molecule has 8 nitrogen and oxygen atoms in total. The smallest absolute Gasteiger partial charge is 0.317 e. The predicted octanol–water partition coefficient (Wildman–Crippen LogP) is 2.25. The molecule has 32 heavy (non-hydrogen) atoms. The Kier molecular flexibility index (Phi) is 5.29. The van der Waals surface area contributed by atoms with Crippen molar-refractivity contribution in [2.45, 2.75) is 19.6 Å². The topological polar surface area (TPSA) is 105 Å². The van der Waals surface area contributed by atoms with Gasteiger partial charge in [0.05, 0.1) is 13.1 Å². The molecule has 2 aromatic heterocycles. The molecular weight excluding hydrogens is 408 g/mol. The van der Waals surface area contributed by atoms with Gasteiger partial charge in [0.1, 0.15) is 17.6 Å². The fourth-order valence-electron chi connectivity index (χ4n) is 4.55. The fourth-order valence-corrected chi connectivity index (χ4v) is 4.55. The van der Waals surface area contributed by atoms with Crippen molar-refractivity contribution in [3.05, 3.63) is 59.8 Å². The average Bonchev–Trinajstić information content (AvgIpc) is 3.24. The molecule has 0 bridgehead atoms. The zero-order valence-corrected chi connectivity index (χ0v) is 17.7. The molecule has 1 aromatic carbocycles. The van der Waals surface area contributed by atoms with Crippen LogP contribution in [0.5, 0.6) is 0 Å². The second kappa shape index (κ2) is 8.26. The van der Waals surface area contributed by atoms with Crippen LogP contribution in [0.1, 0.15) is 30.1 Å². The lowest BCUT2D eigenvalue weighted by atomic mass is 10.1. The number of carboxylic acids is 1. The number of likely N-dealkylation sites (tertiary alicyclic amines) is 1. The molecule has 1 saturated heterocycles. The van der Waals surface area contributed by atoms with E-state index in [2.05, 4.69) is 22.0 Å². The first-order valence-corrected chi connectivity index (χ1v) is 10.7. The van der Waals surface area contributed by atoms with Crippen LogP contribution in [0, 0.1) is 29.6 Å². The van der Waals surface area contributed by atoms with Crippen LogP contribution < -0.4 is 0 Å². The van der Waals surface area contributed by atoms with Crippen molar-refractivity contribution in [3.8, 4) is 23.2 Å². The predicted molar refractivity (Wildman–Crippen MR) is 115 cm³/mol. The number of benzene rings is 1. The van der Waals surface area contributed by atoms with Crippen molar-refractivity contribution < 1.29 is 19.5 Å². The highest BCUT2D eigenvalue weighted by Gasteiger charge is 2.55. The van der Waals surface area contributed by atoms with Crippen LogP contribution in [0.4, 0.5) is 0 Å². The summed E-state index contributed by atoms with van der Waals surface area (Å²) in [4.78, 5) is 17.0. The number of aliphatic hydroxyl groups excluding tert-OH is 1. The van der Waals surface area contributed by atoms with Crippen molar-refractivity contribution >= 4 is 5.97 Å². The van der Waals surface area contributed by atoms with Gasteiger partial charge in [-0.2, -0.15) is 0 Å². The van der Waals surface area contributed by atoms with E-state index in [1.54, 1.807) is 13.1 Å². The third-order valence-electron chi connectivity index (χ3n) is 6.19. The van der Waals surface area contributed by atoms with Gasteiger partial charge in [0.2, 0.25) is 0 Å². The van der Waals surface area contributed by atoms with Crippen molar-refractivity contribution in [2.24, 2.45) is 17.8 Å². The van der Waals surface area contributed by atoms with Crippen molar-refractivity contribution in [3.63, 3.8) is 0 Å². The normalized spacial score (nSPS) is 22.8. The highest BCUT2D eigenvalue weighted by molar-refractivity contribution is 5.69. The first kappa shape index (κ1) is 20.5. The molecule has 1 unspecified atom stereocenters. The summed E-state index contributed by atoms with van der Waals surface area (Å²) in [5.74, 6) is 8.52. The highest BCUT2D eigenvalue weighted by Crippen LogP contribution is 2.51. The fraction of sp³-hybridized carbons (Fsp3) is 0.375. The number of rotatable bonds is 6. The summed E-state index contributed by atoms with van der Waals surface area (Å²) < 4.78 is 7.35. The monoisotopic (exact) mass is 432 g/mol. The second-order valence-electron chi connectivity index (χ2n) is 8.56. The van der Waals surface area contributed by atoms with Crippen LogP contribution >= 0.6 is 0 Å². The van der Waals surface area contributed by atoms with Gasteiger partial charge >= 0.3 is 5.97 Å². The van der Waals surface area contributed by atoms with Gasteiger partial charge in [0, 0.05) is 48.6 Å². The number of hydrogen-bond donors (Lipinski definition) is 2. The number of nitrogens with zero attached hydrogens (tertiary/aromatic N) is 4. The molecule has 3 aromatic rings. The molecule has 1 aliphatic heterocycles. The van der Waals surface area contributed by atoms with E-state index in [1.807, 2.05) is 46.0 Å². The van der Waals surface area contributed by atoms with Crippen LogP contribution in [0.3, 0.4) is 0 Å². The third-order valence-corrected chi connectivity index (χ3v) is 6.19. The number of aliphatic hydroxyl groups is 1. The standard InChI is InChI=1S/C24H24N4O4/c1-15(29)24-25-8-9-28(24)11-18-10-22(32-26-18)17-5-2-16(3-6-17)4-7-19-20-12-27(13-21(19)20)14-23(30)31/h2-3,5-6,8-10,15,19-21,29H,11-14H2,1H3,(H,30,31)/t15-,19?,20-,21+/m0/s1. The number of aromatic nitrogens is 3. The molecule has 2 fully saturated rings. The van der Waals surface area contributed by atoms with Crippen molar-refractivity contribution in [2.75, 3.05) is 19.6 Å². The first-order valence-electron chi connectivity index (χ1n) is 10.7. The van der Waals surface area contributed by atoms with Crippen LogP contribution in [0.25, 0.3) is 11.3 Å². The number of aliphatic carboxylic acids is 1. The summed E-state index contributed by atoms with van der Waals surface area (Å²) in [7, 11) is 0. The lowest BCUT2D eigenvalue weighted by molar-refractivity contribution is -0.138. The SMILES string of the molecule is C[C@H](O)c1nccn1Cc1cc(-c2ccc(C#CC3[C@H]4CN(CC(=O)O)C[C@@H]34)cc2)on1. The first-order chi connectivity index (χ1) is 15.5. The molecule has 2 N–H and O–H groups in total. The minimum absolute atomic E-state index is 0.127. The molecule has 8 heteroatoms. The van der Waals surface area contributed by atoms with Crippen LogP contribution in [0.2, 0.25) is 0 Å². The number of carbonyl (C=O) groups is 1. The number of imidazole rings is 1. The van der Waals surface area contributed by atoms with Gasteiger partial charge in [-0.3, -0.25) is 9.69 Å². The average molecular weight is 432 g/mol. The Labute approximate surface area is 185 Å². The van der Waals surface area contributed by atoms with E-state index in [1.165, 1.54) is 0 Å². The Morgan fingerprint density at radius 2 is 2.03 bits per heavy atom. The molecular formula is C24H24N4O4. The molecule has 0 amide bonds. The van der Waals surface area contributed by atoms with Crippen molar-refractivity contribution in [1.29, 1.82) is 0 Å². The molecule has 1 aliphatic carbocycles. The Morgan fingerprint density at radius 1 is 1.28 bits per heavy atom. The number of fused-ring (bicyclic) bond motifs is 1. The summed E-state index contributed by atoms with van der Waals surface area (Å²) >= 11 is 0. The Balaban J connectivity index is 1.19. The summed E-state index contributed by atoms with van der Waals surface area (Å²) in [6.45, 7) is 3.95. The number of hydrogen-bond acceptors (Lipinski definition) is 6. The summed E-state index contributed by atoms with van der Waals surface area (Å²) in [6, 6.07) is 9.77. The van der Waals surface area contributed by atoms with E-state index in [9.17, 15) is 9.90 Å². The second-order valence-corrected chi connectivity index (χ2v) is 8.56. The zero-order chi connectivity index (χ0) is 22.2. The largest absolute Gasteiger partial charge is 0.480 e. The Hall–Kier alpha value is -3.41. The van der Waals surface area contributed by atoms with Gasteiger partial charge in [-0.1, -0.05) is 17.0 Å². The molecule has 0 spiro atoms. The zero-order valence-electron chi connectivity index (χ0n) is 17.7. The van der Waals surface area contributed by atoms with Crippen LogP contribution in [0.15, 0.2) is 47.2 Å². The van der Waals surface area contributed by atoms with Gasteiger partial charge < -0.3 is 19.3 Å². The van der Waals surface area contributed by atoms with E-state index < -0.39 is 12.1 Å². The molecule has 0 radical (unpaired) electrons. The number of carboxylic acid groups (broad SMARTS) is 1. The lowest BCUT2D eigenvalue weighted by Gasteiger charge is -2.14.